The van der Waals surface area contributed by atoms with Gasteiger partial charge in [0.25, 0.3) is 0 Å². The first-order chi connectivity index (χ1) is 11.5. The number of hydrogen-bond donors (Lipinski definition) is 2. The molecule has 2 atom stereocenters. The summed E-state index contributed by atoms with van der Waals surface area (Å²) in [5.74, 6) is -0.317. The second kappa shape index (κ2) is 7.32. The minimum absolute atomic E-state index is 0.0205. The summed E-state index contributed by atoms with van der Waals surface area (Å²) < 4.78 is 14.8. The van der Waals surface area contributed by atoms with E-state index in [2.05, 4.69) is 15.7 Å². The van der Waals surface area contributed by atoms with Crippen LogP contribution in [0.1, 0.15) is 17.0 Å². The van der Waals surface area contributed by atoms with Crippen molar-refractivity contribution in [2.75, 3.05) is 19.6 Å². The van der Waals surface area contributed by atoms with E-state index in [-0.39, 0.29) is 23.6 Å². The summed E-state index contributed by atoms with van der Waals surface area (Å²) in [6.07, 6.45) is 4.34. The summed E-state index contributed by atoms with van der Waals surface area (Å²) in [5.41, 5.74) is 1.90. The van der Waals surface area contributed by atoms with Crippen molar-refractivity contribution in [2.24, 2.45) is 13.0 Å². The highest BCUT2D eigenvalue weighted by atomic mass is 35.5. The van der Waals surface area contributed by atoms with E-state index in [4.69, 9.17) is 11.6 Å². The lowest BCUT2D eigenvalue weighted by molar-refractivity contribution is -0.124. The van der Waals surface area contributed by atoms with Crippen molar-refractivity contribution >= 4 is 17.5 Å². The maximum atomic E-state index is 13.0. The number of hydrogen-bond acceptors (Lipinski definition) is 3. The molecule has 0 saturated carbocycles. The van der Waals surface area contributed by atoms with Crippen LogP contribution in [0.15, 0.2) is 30.6 Å². The molecule has 128 valence electrons. The van der Waals surface area contributed by atoms with Gasteiger partial charge in [-0.2, -0.15) is 5.10 Å². The molecule has 1 aromatic carbocycles. The molecule has 7 heteroatoms. The first kappa shape index (κ1) is 16.9. The van der Waals surface area contributed by atoms with Crippen LogP contribution in [-0.2, 0) is 18.3 Å². The lowest BCUT2D eigenvalue weighted by Gasteiger charge is -2.17. The third-order valence-electron chi connectivity index (χ3n) is 4.41. The van der Waals surface area contributed by atoms with Crippen molar-refractivity contribution in [1.82, 2.24) is 20.4 Å². The zero-order valence-electron chi connectivity index (χ0n) is 13.4. The molecule has 1 aliphatic rings. The van der Waals surface area contributed by atoms with E-state index in [1.165, 1.54) is 12.1 Å². The number of carbonyl (C=O) groups excluding carboxylic acids is 1. The Morgan fingerprint density at radius 2 is 2.33 bits per heavy atom. The van der Waals surface area contributed by atoms with E-state index in [1.54, 1.807) is 10.7 Å². The van der Waals surface area contributed by atoms with Gasteiger partial charge < -0.3 is 10.6 Å². The van der Waals surface area contributed by atoms with Crippen molar-refractivity contribution in [3.8, 4) is 0 Å². The van der Waals surface area contributed by atoms with Crippen LogP contribution in [0.2, 0.25) is 5.02 Å². The van der Waals surface area contributed by atoms with Crippen LogP contribution in [0.25, 0.3) is 0 Å². The Labute approximate surface area is 145 Å². The number of aromatic nitrogens is 2. The number of nitrogens with one attached hydrogen (secondary N) is 2. The Morgan fingerprint density at radius 3 is 3.04 bits per heavy atom. The largest absolute Gasteiger partial charge is 0.355 e. The van der Waals surface area contributed by atoms with Crippen LogP contribution in [0.5, 0.6) is 0 Å². The Hall–Kier alpha value is -1.92. The van der Waals surface area contributed by atoms with E-state index < -0.39 is 0 Å². The van der Waals surface area contributed by atoms with Crippen molar-refractivity contribution in [3.63, 3.8) is 0 Å². The SMILES string of the molecule is Cn1cc([C@H]2CNC[C@@H]2C(=O)NCCc2ccc(F)cc2Cl)cn1. The fourth-order valence-electron chi connectivity index (χ4n) is 3.11. The standard InChI is InChI=1S/C17H20ClFN4O/c1-23-10-12(7-22-23)14-8-20-9-15(14)17(24)21-5-4-11-2-3-13(19)6-16(11)18/h2-3,6-7,10,14-15,20H,4-5,8-9H2,1H3,(H,21,24)/t14-,15+/m1/s1. The molecule has 1 aliphatic heterocycles. The second-order valence-corrected chi connectivity index (χ2v) is 6.50. The van der Waals surface area contributed by atoms with Crippen LogP contribution in [-0.4, -0.2) is 35.3 Å². The molecule has 1 fully saturated rings. The molecule has 0 spiro atoms. The molecule has 2 heterocycles. The van der Waals surface area contributed by atoms with E-state index >= 15 is 0 Å². The highest BCUT2D eigenvalue weighted by Gasteiger charge is 2.34. The van der Waals surface area contributed by atoms with Crippen molar-refractivity contribution < 1.29 is 9.18 Å². The number of nitrogens with zero attached hydrogens (tertiary/aromatic N) is 2. The summed E-state index contributed by atoms with van der Waals surface area (Å²) in [7, 11) is 1.87. The topological polar surface area (TPSA) is 59.0 Å². The maximum Gasteiger partial charge on any atom is 0.225 e. The third-order valence-corrected chi connectivity index (χ3v) is 4.76. The van der Waals surface area contributed by atoms with Crippen LogP contribution in [0, 0.1) is 11.7 Å². The fraction of sp³-hybridized carbons (Fsp3) is 0.412. The zero-order chi connectivity index (χ0) is 17.1. The molecule has 0 radical (unpaired) electrons. The molecule has 0 aliphatic carbocycles. The maximum absolute atomic E-state index is 13.0. The summed E-state index contributed by atoms with van der Waals surface area (Å²) in [4.78, 5) is 12.5. The summed E-state index contributed by atoms with van der Waals surface area (Å²) in [6, 6.07) is 4.32. The Bertz CT molecular complexity index is 733. The van der Waals surface area contributed by atoms with E-state index in [0.29, 0.717) is 24.5 Å². The van der Waals surface area contributed by atoms with Gasteiger partial charge in [-0.25, -0.2) is 4.39 Å². The number of carbonyl (C=O) groups is 1. The molecule has 1 amide bonds. The predicted octanol–water partition coefficient (Wildman–Crippen LogP) is 1.87. The van der Waals surface area contributed by atoms with Crippen LogP contribution in [0.4, 0.5) is 4.39 Å². The van der Waals surface area contributed by atoms with Gasteiger partial charge in [-0.05, 0) is 29.7 Å². The van der Waals surface area contributed by atoms with E-state index in [9.17, 15) is 9.18 Å². The summed E-state index contributed by atoms with van der Waals surface area (Å²) in [5, 5.41) is 10.8. The van der Waals surface area contributed by atoms with Gasteiger partial charge in [0.2, 0.25) is 5.91 Å². The molecule has 0 bridgehead atoms. The Kier molecular flexibility index (Phi) is 5.16. The number of rotatable bonds is 5. The van der Waals surface area contributed by atoms with Gasteiger partial charge in [0, 0.05) is 43.8 Å². The number of halogens is 2. The average Bonchev–Trinajstić information content (AvgIpc) is 3.17. The first-order valence-corrected chi connectivity index (χ1v) is 8.33. The van der Waals surface area contributed by atoms with Gasteiger partial charge in [-0.1, -0.05) is 17.7 Å². The molecular formula is C17H20ClFN4O. The highest BCUT2D eigenvalue weighted by Crippen LogP contribution is 2.27. The van der Waals surface area contributed by atoms with Crippen molar-refractivity contribution in [2.45, 2.75) is 12.3 Å². The molecule has 2 aromatic rings. The van der Waals surface area contributed by atoms with Crippen molar-refractivity contribution in [1.29, 1.82) is 0 Å². The minimum Gasteiger partial charge on any atom is -0.355 e. The zero-order valence-corrected chi connectivity index (χ0v) is 14.2. The predicted molar refractivity (Wildman–Crippen MR) is 90.4 cm³/mol. The van der Waals surface area contributed by atoms with Gasteiger partial charge >= 0.3 is 0 Å². The van der Waals surface area contributed by atoms with E-state index in [1.807, 2.05) is 19.4 Å². The molecule has 0 unspecified atom stereocenters. The highest BCUT2D eigenvalue weighted by molar-refractivity contribution is 6.31. The Balaban J connectivity index is 1.56. The normalized spacial score (nSPS) is 20.3. The van der Waals surface area contributed by atoms with Gasteiger partial charge in [-0.3, -0.25) is 9.48 Å². The molecular weight excluding hydrogens is 331 g/mol. The molecule has 1 aromatic heterocycles. The molecule has 5 nitrogen and oxygen atoms in total. The van der Waals surface area contributed by atoms with E-state index in [0.717, 1.165) is 17.7 Å². The minimum atomic E-state index is -0.357. The third kappa shape index (κ3) is 3.76. The quantitative estimate of drug-likeness (QED) is 0.865. The smallest absolute Gasteiger partial charge is 0.225 e. The second-order valence-electron chi connectivity index (χ2n) is 6.10. The lowest BCUT2D eigenvalue weighted by Crippen LogP contribution is -2.35. The fourth-order valence-corrected chi connectivity index (χ4v) is 3.37. The molecule has 2 N–H and O–H groups in total. The number of benzene rings is 1. The average molecular weight is 351 g/mol. The number of amides is 1. The Morgan fingerprint density at radius 1 is 1.50 bits per heavy atom. The first-order valence-electron chi connectivity index (χ1n) is 7.95. The van der Waals surface area contributed by atoms with Crippen molar-refractivity contribution in [3.05, 3.63) is 52.6 Å². The van der Waals surface area contributed by atoms with Gasteiger partial charge in [-0.15, -0.1) is 0 Å². The molecule has 1 saturated heterocycles. The summed E-state index contributed by atoms with van der Waals surface area (Å²) >= 11 is 6.01. The molecule has 24 heavy (non-hydrogen) atoms. The van der Waals surface area contributed by atoms with Gasteiger partial charge in [0.15, 0.2) is 0 Å². The van der Waals surface area contributed by atoms with Crippen LogP contribution in [0.3, 0.4) is 0 Å². The molecule has 3 rings (SSSR count). The lowest BCUT2D eigenvalue weighted by atomic mass is 9.90. The van der Waals surface area contributed by atoms with Gasteiger partial charge in [0.1, 0.15) is 5.82 Å². The monoisotopic (exact) mass is 350 g/mol. The van der Waals surface area contributed by atoms with Gasteiger partial charge in [0.05, 0.1) is 12.1 Å². The number of aryl methyl sites for hydroxylation is 1. The van der Waals surface area contributed by atoms with Crippen LogP contribution < -0.4 is 10.6 Å². The summed E-state index contributed by atoms with van der Waals surface area (Å²) in [6.45, 7) is 1.90. The van der Waals surface area contributed by atoms with Crippen LogP contribution >= 0.6 is 11.6 Å².